The van der Waals surface area contributed by atoms with Gasteiger partial charge in [0, 0.05) is 0 Å². The standard InChI is InChI=1S/C10H12N2O6/c1-3-17-9(13)6-5-11-8(12(15)16)7(6)10(14)18-4-2/h5,11H,3-4H2,1-2H3. The van der Waals surface area contributed by atoms with Crippen molar-refractivity contribution < 1.29 is 24.0 Å². The van der Waals surface area contributed by atoms with Gasteiger partial charge in [0.15, 0.2) is 5.56 Å². The normalized spacial score (nSPS) is 9.89. The van der Waals surface area contributed by atoms with E-state index in [0.717, 1.165) is 6.20 Å². The lowest BCUT2D eigenvalue weighted by Gasteiger charge is -2.03. The van der Waals surface area contributed by atoms with Gasteiger partial charge in [-0.05, 0) is 18.8 Å². The van der Waals surface area contributed by atoms with Crippen LogP contribution in [0.1, 0.15) is 34.6 Å². The lowest BCUT2D eigenvalue weighted by atomic mass is 10.2. The molecule has 0 radical (unpaired) electrons. The van der Waals surface area contributed by atoms with E-state index in [0.29, 0.717) is 0 Å². The Morgan fingerprint density at radius 3 is 2.33 bits per heavy atom. The van der Waals surface area contributed by atoms with Crippen LogP contribution in [0.25, 0.3) is 0 Å². The first kappa shape index (κ1) is 13.7. The van der Waals surface area contributed by atoms with Crippen molar-refractivity contribution in [2.24, 2.45) is 0 Å². The Morgan fingerprint density at radius 1 is 1.28 bits per heavy atom. The van der Waals surface area contributed by atoms with Gasteiger partial charge in [0.1, 0.15) is 11.8 Å². The molecule has 0 aliphatic carbocycles. The summed E-state index contributed by atoms with van der Waals surface area (Å²) in [5.41, 5.74) is -0.623. The van der Waals surface area contributed by atoms with Crippen molar-refractivity contribution in [3.63, 3.8) is 0 Å². The largest absolute Gasteiger partial charge is 0.462 e. The van der Waals surface area contributed by atoms with Crippen LogP contribution in [-0.4, -0.2) is 35.1 Å². The number of hydrogen-bond acceptors (Lipinski definition) is 6. The van der Waals surface area contributed by atoms with Crippen LogP contribution in [0.5, 0.6) is 0 Å². The third-order valence-electron chi connectivity index (χ3n) is 2.02. The molecule has 1 aromatic heterocycles. The van der Waals surface area contributed by atoms with Gasteiger partial charge >= 0.3 is 17.8 Å². The van der Waals surface area contributed by atoms with Gasteiger partial charge in [0.25, 0.3) is 0 Å². The summed E-state index contributed by atoms with van der Waals surface area (Å²) in [6.07, 6.45) is 1.06. The zero-order valence-corrected chi connectivity index (χ0v) is 9.89. The number of nitrogens with one attached hydrogen (secondary N) is 1. The minimum absolute atomic E-state index is 0.0451. The number of carbonyl (C=O) groups excluding carboxylic acids is 2. The van der Waals surface area contributed by atoms with Gasteiger partial charge in [0.05, 0.1) is 13.2 Å². The molecule has 0 fully saturated rings. The van der Waals surface area contributed by atoms with E-state index in [1.165, 1.54) is 0 Å². The molecule has 1 heterocycles. The van der Waals surface area contributed by atoms with E-state index in [2.05, 4.69) is 9.72 Å². The van der Waals surface area contributed by atoms with Crippen molar-refractivity contribution in [2.75, 3.05) is 13.2 Å². The fourth-order valence-electron chi connectivity index (χ4n) is 1.34. The third kappa shape index (κ3) is 2.65. The molecule has 0 atom stereocenters. The van der Waals surface area contributed by atoms with Crippen LogP contribution in [-0.2, 0) is 9.47 Å². The minimum atomic E-state index is -0.937. The number of nitro groups is 1. The quantitative estimate of drug-likeness (QED) is 0.482. The molecular formula is C10H12N2O6. The predicted molar refractivity (Wildman–Crippen MR) is 59.4 cm³/mol. The van der Waals surface area contributed by atoms with Gasteiger partial charge in [-0.2, -0.15) is 0 Å². The van der Waals surface area contributed by atoms with Crippen LogP contribution in [0.2, 0.25) is 0 Å². The number of H-pyrrole nitrogens is 1. The molecule has 1 aromatic rings. The fourth-order valence-corrected chi connectivity index (χ4v) is 1.34. The van der Waals surface area contributed by atoms with Gasteiger partial charge < -0.3 is 19.6 Å². The Balaban J connectivity index is 3.23. The first-order valence-electron chi connectivity index (χ1n) is 5.22. The molecule has 1 N–H and O–H groups in total. The summed E-state index contributed by atoms with van der Waals surface area (Å²) in [5, 5.41) is 10.7. The second-order valence-electron chi connectivity index (χ2n) is 3.12. The highest BCUT2D eigenvalue weighted by Gasteiger charge is 2.31. The summed E-state index contributed by atoms with van der Waals surface area (Å²) in [5.74, 6) is -2.34. The van der Waals surface area contributed by atoms with E-state index < -0.39 is 28.2 Å². The van der Waals surface area contributed by atoms with Crippen LogP contribution in [0, 0.1) is 10.1 Å². The summed E-state index contributed by atoms with van der Waals surface area (Å²) in [6, 6.07) is 0. The van der Waals surface area contributed by atoms with Gasteiger partial charge in [-0.3, -0.25) is 0 Å². The minimum Gasteiger partial charge on any atom is -0.462 e. The Hall–Kier alpha value is -2.38. The van der Waals surface area contributed by atoms with E-state index in [4.69, 9.17) is 4.74 Å². The first-order chi connectivity index (χ1) is 8.52. The summed E-state index contributed by atoms with van der Waals surface area (Å²) >= 11 is 0. The zero-order chi connectivity index (χ0) is 13.7. The van der Waals surface area contributed by atoms with E-state index in [-0.39, 0.29) is 18.8 Å². The molecule has 0 bridgehead atoms. The first-order valence-corrected chi connectivity index (χ1v) is 5.22. The molecule has 0 saturated carbocycles. The number of carbonyl (C=O) groups is 2. The Bertz CT molecular complexity index is 479. The Morgan fingerprint density at radius 2 is 1.83 bits per heavy atom. The van der Waals surface area contributed by atoms with Crippen molar-refractivity contribution in [3.05, 3.63) is 27.4 Å². The topological polar surface area (TPSA) is 112 Å². The van der Waals surface area contributed by atoms with Crippen LogP contribution in [0.15, 0.2) is 6.20 Å². The smallest absolute Gasteiger partial charge is 0.347 e. The third-order valence-corrected chi connectivity index (χ3v) is 2.02. The van der Waals surface area contributed by atoms with E-state index in [1.54, 1.807) is 13.8 Å². The number of aromatic nitrogens is 1. The number of aromatic amines is 1. The summed E-state index contributed by atoms with van der Waals surface area (Å²) in [7, 11) is 0. The summed E-state index contributed by atoms with van der Waals surface area (Å²) < 4.78 is 9.38. The summed E-state index contributed by atoms with van der Waals surface area (Å²) in [4.78, 5) is 35.3. The number of ether oxygens (including phenoxy) is 2. The molecule has 0 aromatic carbocycles. The number of nitrogens with zero attached hydrogens (tertiary/aromatic N) is 1. The van der Waals surface area contributed by atoms with Gasteiger partial charge in [-0.25, -0.2) is 14.6 Å². The molecule has 8 heteroatoms. The van der Waals surface area contributed by atoms with Crippen LogP contribution >= 0.6 is 0 Å². The highest BCUT2D eigenvalue weighted by molar-refractivity contribution is 6.05. The maximum atomic E-state index is 11.6. The molecule has 0 saturated heterocycles. The number of hydrogen-bond donors (Lipinski definition) is 1. The van der Waals surface area contributed by atoms with Crippen molar-refractivity contribution in [2.45, 2.75) is 13.8 Å². The van der Waals surface area contributed by atoms with Gasteiger partial charge in [-0.1, -0.05) is 0 Å². The second kappa shape index (κ2) is 5.80. The van der Waals surface area contributed by atoms with E-state index >= 15 is 0 Å². The summed E-state index contributed by atoms with van der Waals surface area (Å²) in [6.45, 7) is 3.28. The van der Waals surface area contributed by atoms with Crippen molar-refractivity contribution in [3.8, 4) is 0 Å². The van der Waals surface area contributed by atoms with E-state index in [9.17, 15) is 19.7 Å². The SMILES string of the molecule is CCOC(=O)c1c[nH]c([N+](=O)[O-])c1C(=O)OCC. The molecule has 0 aliphatic rings. The Kier molecular flexibility index (Phi) is 4.41. The molecule has 18 heavy (non-hydrogen) atoms. The van der Waals surface area contributed by atoms with Crippen LogP contribution in [0.4, 0.5) is 5.82 Å². The monoisotopic (exact) mass is 256 g/mol. The molecule has 8 nitrogen and oxygen atoms in total. The maximum absolute atomic E-state index is 11.6. The number of esters is 2. The molecule has 1 rings (SSSR count). The van der Waals surface area contributed by atoms with Crippen molar-refractivity contribution >= 4 is 17.8 Å². The molecule has 0 amide bonds. The maximum Gasteiger partial charge on any atom is 0.347 e. The predicted octanol–water partition coefficient (Wildman–Crippen LogP) is 1.28. The fraction of sp³-hybridized carbons (Fsp3) is 0.400. The van der Waals surface area contributed by atoms with E-state index in [1.807, 2.05) is 0 Å². The molecular weight excluding hydrogens is 244 g/mol. The molecule has 0 aliphatic heterocycles. The van der Waals surface area contributed by atoms with Crippen molar-refractivity contribution in [1.29, 1.82) is 0 Å². The lowest BCUT2D eigenvalue weighted by Crippen LogP contribution is -2.13. The van der Waals surface area contributed by atoms with Crippen LogP contribution < -0.4 is 0 Å². The lowest BCUT2D eigenvalue weighted by molar-refractivity contribution is -0.389. The average molecular weight is 256 g/mol. The van der Waals surface area contributed by atoms with Crippen molar-refractivity contribution in [1.82, 2.24) is 4.98 Å². The van der Waals surface area contributed by atoms with Crippen LogP contribution in [0.3, 0.4) is 0 Å². The number of rotatable bonds is 5. The molecule has 0 spiro atoms. The Labute approximate surface area is 102 Å². The average Bonchev–Trinajstić information content (AvgIpc) is 2.74. The molecule has 98 valence electrons. The highest BCUT2D eigenvalue weighted by atomic mass is 16.6. The highest BCUT2D eigenvalue weighted by Crippen LogP contribution is 2.23. The zero-order valence-electron chi connectivity index (χ0n) is 9.89. The molecule has 0 unspecified atom stereocenters. The van der Waals surface area contributed by atoms with Gasteiger partial charge in [0.2, 0.25) is 0 Å². The second-order valence-corrected chi connectivity index (χ2v) is 3.12. The van der Waals surface area contributed by atoms with Gasteiger partial charge in [-0.15, -0.1) is 0 Å².